The fraction of sp³-hybridized carbons (Fsp3) is 0.231. The third-order valence-electron chi connectivity index (χ3n) is 5.42. The van der Waals surface area contributed by atoms with Gasteiger partial charge in [-0.2, -0.15) is 0 Å². The molecule has 0 amide bonds. The van der Waals surface area contributed by atoms with E-state index in [9.17, 15) is 4.79 Å². The van der Waals surface area contributed by atoms with Crippen LogP contribution >= 0.6 is 11.8 Å². The molecule has 0 N–H and O–H groups in total. The minimum absolute atomic E-state index is 0.299. The van der Waals surface area contributed by atoms with Gasteiger partial charge in [0.2, 0.25) is 0 Å². The number of pyridine rings is 1. The van der Waals surface area contributed by atoms with Crippen LogP contribution in [0.15, 0.2) is 66.3 Å². The Kier molecular flexibility index (Phi) is 7.27. The molecule has 2 aromatic heterocycles. The fourth-order valence-corrected chi connectivity index (χ4v) is 4.76. The van der Waals surface area contributed by atoms with Gasteiger partial charge in [0.25, 0.3) is 0 Å². The zero-order chi connectivity index (χ0) is 24.1. The molecule has 0 saturated heterocycles. The van der Waals surface area contributed by atoms with Gasteiger partial charge in [-0.25, -0.2) is 4.79 Å². The third kappa shape index (κ3) is 4.54. The Labute approximate surface area is 202 Å². The molecule has 34 heavy (non-hydrogen) atoms. The number of benzene rings is 2. The van der Waals surface area contributed by atoms with Gasteiger partial charge in [-0.1, -0.05) is 48.2 Å². The second-order valence-corrected chi connectivity index (χ2v) is 8.43. The predicted molar refractivity (Wildman–Crippen MR) is 134 cm³/mol. The summed E-state index contributed by atoms with van der Waals surface area (Å²) in [6.45, 7) is 8.44. The minimum Gasteiger partial charge on any atom is -0.496 e. The Hall–Kier alpha value is -3.65. The highest BCUT2D eigenvalue weighted by atomic mass is 32.2. The first-order valence-corrected chi connectivity index (χ1v) is 11.9. The van der Waals surface area contributed by atoms with E-state index < -0.39 is 0 Å². The van der Waals surface area contributed by atoms with Gasteiger partial charge >= 0.3 is 5.97 Å². The van der Waals surface area contributed by atoms with Crippen molar-refractivity contribution in [3.8, 4) is 17.1 Å². The van der Waals surface area contributed by atoms with Crippen LogP contribution in [0.5, 0.6) is 5.75 Å². The van der Waals surface area contributed by atoms with Crippen LogP contribution in [0.2, 0.25) is 0 Å². The van der Waals surface area contributed by atoms with Gasteiger partial charge in [-0.15, -0.1) is 16.8 Å². The third-order valence-corrected chi connectivity index (χ3v) is 6.40. The largest absolute Gasteiger partial charge is 0.496 e. The summed E-state index contributed by atoms with van der Waals surface area (Å²) in [4.78, 5) is 17.6. The van der Waals surface area contributed by atoms with Crippen LogP contribution in [-0.2, 0) is 17.0 Å². The molecule has 0 radical (unpaired) electrons. The van der Waals surface area contributed by atoms with Gasteiger partial charge in [-0.05, 0) is 37.6 Å². The van der Waals surface area contributed by atoms with Gasteiger partial charge in [0.15, 0.2) is 11.0 Å². The van der Waals surface area contributed by atoms with Crippen LogP contribution in [0.4, 0.5) is 0 Å². The van der Waals surface area contributed by atoms with Crippen LogP contribution in [0.25, 0.3) is 22.3 Å². The fourth-order valence-electron chi connectivity index (χ4n) is 3.87. The van der Waals surface area contributed by atoms with Crippen LogP contribution in [0, 0.1) is 6.92 Å². The SMILES string of the molecule is C=CCn1c(SCc2nc3ccccc3c(C)c2C(=O)OCC)nnc1-c1ccccc1OC. The maximum Gasteiger partial charge on any atom is 0.340 e. The smallest absolute Gasteiger partial charge is 0.340 e. The van der Waals surface area contributed by atoms with Gasteiger partial charge < -0.3 is 9.47 Å². The lowest BCUT2D eigenvalue weighted by atomic mass is 10.0. The molecular weight excluding hydrogens is 448 g/mol. The Bertz CT molecular complexity index is 1350. The summed E-state index contributed by atoms with van der Waals surface area (Å²) in [5.74, 6) is 1.47. The Morgan fingerprint density at radius 2 is 1.91 bits per heavy atom. The number of allylic oxidation sites excluding steroid dienone is 1. The number of hydrogen-bond donors (Lipinski definition) is 0. The molecule has 0 spiro atoms. The van der Waals surface area contributed by atoms with Crippen molar-refractivity contribution in [2.45, 2.75) is 31.3 Å². The monoisotopic (exact) mass is 474 g/mol. The Morgan fingerprint density at radius 3 is 2.68 bits per heavy atom. The van der Waals surface area contributed by atoms with Crippen molar-refractivity contribution in [2.75, 3.05) is 13.7 Å². The molecule has 0 aliphatic carbocycles. The van der Waals surface area contributed by atoms with Crippen molar-refractivity contribution in [3.05, 3.63) is 78.0 Å². The van der Waals surface area contributed by atoms with E-state index in [1.54, 1.807) is 20.1 Å². The number of aromatic nitrogens is 4. The zero-order valence-electron chi connectivity index (χ0n) is 19.4. The van der Waals surface area contributed by atoms with E-state index in [0.717, 1.165) is 22.0 Å². The summed E-state index contributed by atoms with van der Waals surface area (Å²) < 4.78 is 12.8. The normalized spacial score (nSPS) is 10.9. The number of nitrogens with zero attached hydrogens (tertiary/aromatic N) is 4. The van der Waals surface area contributed by atoms with Gasteiger partial charge in [0.05, 0.1) is 36.1 Å². The minimum atomic E-state index is -0.365. The number of para-hydroxylation sites is 2. The standard InChI is InChI=1S/C26H26N4O3S/c1-5-15-30-24(19-12-8-10-14-22(19)32-4)28-29-26(30)34-16-21-23(25(31)33-6-2)17(3)18-11-7-9-13-20(18)27-21/h5,7-14H,1,6,15-16H2,2-4H3. The molecular formula is C26H26N4O3S. The number of carbonyl (C=O) groups is 1. The molecule has 4 aromatic rings. The number of aryl methyl sites for hydroxylation is 1. The van der Waals surface area contributed by atoms with Crippen LogP contribution in [0.3, 0.4) is 0 Å². The summed E-state index contributed by atoms with van der Waals surface area (Å²) in [5.41, 5.74) is 3.71. The van der Waals surface area contributed by atoms with Crippen molar-refractivity contribution >= 4 is 28.6 Å². The molecule has 0 aliphatic heterocycles. The molecule has 174 valence electrons. The van der Waals surface area contributed by atoms with Crippen LogP contribution < -0.4 is 4.74 Å². The number of esters is 1. The summed E-state index contributed by atoms with van der Waals surface area (Å²) in [6, 6.07) is 15.5. The average Bonchev–Trinajstić information content (AvgIpc) is 3.25. The topological polar surface area (TPSA) is 79.1 Å². The molecule has 8 heteroatoms. The zero-order valence-corrected chi connectivity index (χ0v) is 20.3. The van der Waals surface area contributed by atoms with E-state index in [-0.39, 0.29) is 5.97 Å². The lowest BCUT2D eigenvalue weighted by Crippen LogP contribution is -2.12. The lowest BCUT2D eigenvalue weighted by Gasteiger charge is -2.14. The van der Waals surface area contributed by atoms with Crippen LogP contribution in [0.1, 0.15) is 28.5 Å². The van der Waals surface area contributed by atoms with Crippen LogP contribution in [-0.4, -0.2) is 39.4 Å². The first-order valence-electron chi connectivity index (χ1n) is 10.9. The molecule has 0 unspecified atom stereocenters. The van der Waals surface area contributed by atoms with Gasteiger partial charge in [-0.3, -0.25) is 9.55 Å². The Balaban J connectivity index is 1.73. The van der Waals surface area contributed by atoms with Crippen molar-refractivity contribution in [1.29, 1.82) is 0 Å². The van der Waals surface area contributed by atoms with E-state index in [1.807, 2.05) is 60.0 Å². The maximum atomic E-state index is 12.8. The first kappa shape index (κ1) is 23.5. The summed E-state index contributed by atoms with van der Waals surface area (Å²) in [6.07, 6.45) is 1.80. The highest BCUT2D eigenvalue weighted by Crippen LogP contribution is 2.33. The molecule has 2 aromatic carbocycles. The molecule has 0 fully saturated rings. The number of ether oxygens (including phenoxy) is 2. The molecule has 0 bridgehead atoms. The summed E-state index contributed by atoms with van der Waals surface area (Å²) in [7, 11) is 1.63. The molecule has 0 aliphatic rings. The molecule has 0 saturated carbocycles. The molecule has 0 atom stereocenters. The first-order chi connectivity index (χ1) is 16.6. The molecule has 2 heterocycles. The second kappa shape index (κ2) is 10.5. The number of fused-ring (bicyclic) bond motifs is 1. The second-order valence-electron chi connectivity index (χ2n) is 7.49. The number of rotatable bonds is 9. The van der Waals surface area contributed by atoms with Crippen molar-refractivity contribution in [3.63, 3.8) is 0 Å². The van der Waals surface area contributed by atoms with Crippen molar-refractivity contribution in [2.24, 2.45) is 0 Å². The van der Waals surface area contributed by atoms with E-state index >= 15 is 0 Å². The quantitative estimate of drug-likeness (QED) is 0.181. The number of thioether (sulfide) groups is 1. The van der Waals surface area contributed by atoms with E-state index in [0.29, 0.717) is 46.9 Å². The van der Waals surface area contributed by atoms with E-state index in [4.69, 9.17) is 14.5 Å². The van der Waals surface area contributed by atoms with Gasteiger partial charge in [0.1, 0.15) is 5.75 Å². The highest BCUT2D eigenvalue weighted by molar-refractivity contribution is 7.98. The highest BCUT2D eigenvalue weighted by Gasteiger charge is 2.22. The molecule has 4 rings (SSSR count). The lowest BCUT2D eigenvalue weighted by molar-refractivity contribution is 0.0524. The van der Waals surface area contributed by atoms with E-state index in [1.165, 1.54) is 11.8 Å². The predicted octanol–water partition coefficient (Wildman–Crippen LogP) is 5.47. The summed E-state index contributed by atoms with van der Waals surface area (Å²) >= 11 is 1.47. The molecule has 7 nitrogen and oxygen atoms in total. The Morgan fingerprint density at radius 1 is 1.15 bits per heavy atom. The number of carbonyl (C=O) groups excluding carboxylic acids is 1. The number of hydrogen-bond acceptors (Lipinski definition) is 7. The van der Waals surface area contributed by atoms with Crippen molar-refractivity contribution < 1.29 is 14.3 Å². The van der Waals surface area contributed by atoms with Gasteiger partial charge in [0, 0.05) is 17.7 Å². The number of methoxy groups -OCH3 is 1. The van der Waals surface area contributed by atoms with Crippen molar-refractivity contribution in [1.82, 2.24) is 19.7 Å². The van der Waals surface area contributed by atoms with E-state index in [2.05, 4.69) is 16.8 Å². The average molecular weight is 475 g/mol. The summed E-state index contributed by atoms with van der Waals surface area (Å²) in [5, 5.41) is 10.5. The maximum absolute atomic E-state index is 12.8.